The van der Waals surface area contributed by atoms with Gasteiger partial charge in [-0.15, -0.1) is 0 Å². The highest BCUT2D eigenvalue weighted by Gasteiger charge is 2.17. The van der Waals surface area contributed by atoms with Crippen LogP contribution in [0.2, 0.25) is 0 Å². The lowest BCUT2D eigenvalue weighted by molar-refractivity contribution is 0.217. The number of piperidine rings is 1. The number of hydrogen-bond acceptors (Lipinski definition) is 3. The van der Waals surface area contributed by atoms with Crippen LogP contribution in [0.1, 0.15) is 12.8 Å². The Morgan fingerprint density at radius 2 is 2.33 bits per heavy atom. The average Bonchev–Trinajstić information content (AvgIpc) is 2.37. The second-order valence-electron chi connectivity index (χ2n) is 5.00. The molecule has 4 heteroatoms. The fourth-order valence-electron chi connectivity index (χ4n) is 2.51. The van der Waals surface area contributed by atoms with E-state index in [1.165, 1.54) is 25.9 Å². The van der Waals surface area contributed by atoms with E-state index in [9.17, 15) is 0 Å². The molecule has 0 bridgehead atoms. The molecule has 1 N–H and O–H groups in total. The summed E-state index contributed by atoms with van der Waals surface area (Å²) < 4.78 is 6.44. The third-order valence-electron chi connectivity index (χ3n) is 3.46. The second-order valence-corrected chi connectivity index (χ2v) is 5.91. The van der Waals surface area contributed by atoms with Gasteiger partial charge in [0.25, 0.3) is 0 Å². The first-order valence-electron chi connectivity index (χ1n) is 6.45. The van der Waals surface area contributed by atoms with Gasteiger partial charge in [0.05, 0.1) is 12.8 Å². The third kappa shape index (κ3) is 3.62. The van der Waals surface area contributed by atoms with Gasteiger partial charge < -0.3 is 15.0 Å². The van der Waals surface area contributed by atoms with Crippen LogP contribution in [0.25, 0.3) is 0 Å². The fourth-order valence-corrected chi connectivity index (χ4v) is 2.87. The monoisotopic (exact) mass is 312 g/mol. The quantitative estimate of drug-likeness (QED) is 0.924. The minimum atomic E-state index is 0.729. The van der Waals surface area contributed by atoms with Crippen molar-refractivity contribution in [1.29, 1.82) is 0 Å². The summed E-state index contributed by atoms with van der Waals surface area (Å²) in [5.41, 5.74) is 1.07. The summed E-state index contributed by atoms with van der Waals surface area (Å²) in [5.74, 6) is 1.63. The van der Waals surface area contributed by atoms with Gasteiger partial charge in [-0.1, -0.05) is 15.9 Å². The molecule has 1 aromatic rings. The van der Waals surface area contributed by atoms with Crippen LogP contribution < -0.4 is 10.1 Å². The van der Waals surface area contributed by atoms with E-state index < -0.39 is 0 Å². The summed E-state index contributed by atoms with van der Waals surface area (Å²) in [6.45, 7) is 3.43. The summed E-state index contributed by atoms with van der Waals surface area (Å²) in [5, 5.41) is 3.51. The first-order chi connectivity index (χ1) is 8.69. The van der Waals surface area contributed by atoms with Crippen molar-refractivity contribution in [1.82, 2.24) is 4.90 Å². The zero-order valence-electron chi connectivity index (χ0n) is 11.1. The van der Waals surface area contributed by atoms with Crippen molar-refractivity contribution in [3.8, 4) is 5.75 Å². The molecular weight excluding hydrogens is 292 g/mol. The minimum Gasteiger partial charge on any atom is -0.495 e. The Morgan fingerprint density at radius 3 is 3.06 bits per heavy atom. The molecule has 1 unspecified atom stereocenters. The molecule has 1 saturated heterocycles. The molecule has 0 saturated carbocycles. The number of anilines is 1. The van der Waals surface area contributed by atoms with Crippen LogP contribution >= 0.6 is 15.9 Å². The highest BCUT2D eigenvalue weighted by atomic mass is 79.9. The van der Waals surface area contributed by atoms with Gasteiger partial charge in [0, 0.05) is 17.6 Å². The Hall–Kier alpha value is -0.740. The molecule has 0 spiro atoms. The Kier molecular flexibility index (Phi) is 4.89. The maximum Gasteiger partial charge on any atom is 0.142 e. The first-order valence-corrected chi connectivity index (χ1v) is 7.24. The summed E-state index contributed by atoms with van der Waals surface area (Å²) in [6, 6.07) is 6.06. The predicted octanol–water partition coefficient (Wildman–Crippen LogP) is 3.21. The highest BCUT2D eigenvalue weighted by molar-refractivity contribution is 9.10. The number of methoxy groups -OCH3 is 1. The smallest absolute Gasteiger partial charge is 0.142 e. The van der Waals surface area contributed by atoms with Crippen LogP contribution in [0.5, 0.6) is 5.75 Å². The van der Waals surface area contributed by atoms with Crippen molar-refractivity contribution in [2.24, 2.45) is 5.92 Å². The molecule has 0 aliphatic carbocycles. The fraction of sp³-hybridized carbons (Fsp3) is 0.571. The molecule has 1 fully saturated rings. The molecule has 3 nitrogen and oxygen atoms in total. The molecular formula is C14H21BrN2O. The molecule has 1 aliphatic rings. The molecule has 1 aromatic carbocycles. The number of ether oxygens (including phenoxy) is 1. The Bertz CT molecular complexity index is 397. The maximum absolute atomic E-state index is 5.37. The van der Waals surface area contributed by atoms with Gasteiger partial charge in [-0.2, -0.15) is 0 Å². The maximum atomic E-state index is 5.37. The highest BCUT2D eigenvalue weighted by Crippen LogP contribution is 2.28. The summed E-state index contributed by atoms with van der Waals surface area (Å²) in [6.07, 6.45) is 2.62. The van der Waals surface area contributed by atoms with E-state index in [2.05, 4.69) is 39.3 Å². The van der Waals surface area contributed by atoms with E-state index in [1.54, 1.807) is 7.11 Å². The molecule has 18 heavy (non-hydrogen) atoms. The van der Waals surface area contributed by atoms with Crippen molar-refractivity contribution in [3.05, 3.63) is 22.7 Å². The van der Waals surface area contributed by atoms with E-state index in [0.29, 0.717) is 0 Å². The lowest BCUT2D eigenvalue weighted by atomic mass is 9.98. The summed E-state index contributed by atoms with van der Waals surface area (Å²) >= 11 is 3.50. The van der Waals surface area contributed by atoms with Crippen molar-refractivity contribution in [2.75, 3.05) is 39.1 Å². The number of halogens is 1. The van der Waals surface area contributed by atoms with Crippen LogP contribution in [0.4, 0.5) is 5.69 Å². The summed E-state index contributed by atoms with van der Waals surface area (Å²) in [7, 11) is 3.91. The SMILES string of the molecule is COc1ccc(Br)cc1NCC1CCCN(C)C1. The van der Waals surface area contributed by atoms with Crippen molar-refractivity contribution in [2.45, 2.75) is 12.8 Å². The molecule has 0 amide bonds. The van der Waals surface area contributed by atoms with E-state index in [-0.39, 0.29) is 0 Å². The van der Waals surface area contributed by atoms with Crippen molar-refractivity contribution in [3.63, 3.8) is 0 Å². The van der Waals surface area contributed by atoms with Gasteiger partial charge in [-0.05, 0) is 50.6 Å². The normalized spacial score (nSPS) is 20.7. The van der Waals surface area contributed by atoms with E-state index in [4.69, 9.17) is 4.74 Å². The molecule has 1 heterocycles. The summed E-state index contributed by atoms with van der Waals surface area (Å²) in [4.78, 5) is 2.41. The van der Waals surface area contributed by atoms with Gasteiger partial charge in [-0.25, -0.2) is 0 Å². The predicted molar refractivity (Wildman–Crippen MR) is 79.4 cm³/mol. The number of nitrogens with zero attached hydrogens (tertiary/aromatic N) is 1. The molecule has 2 rings (SSSR count). The van der Waals surface area contributed by atoms with Crippen LogP contribution in [-0.4, -0.2) is 38.7 Å². The molecule has 0 aromatic heterocycles. The zero-order chi connectivity index (χ0) is 13.0. The molecule has 1 aliphatic heterocycles. The lowest BCUT2D eigenvalue weighted by Crippen LogP contribution is -2.35. The van der Waals surface area contributed by atoms with Gasteiger partial charge in [0.2, 0.25) is 0 Å². The number of benzene rings is 1. The van der Waals surface area contributed by atoms with Crippen LogP contribution in [0, 0.1) is 5.92 Å². The van der Waals surface area contributed by atoms with Gasteiger partial charge in [0.15, 0.2) is 0 Å². The van der Waals surface area contributed by atoms with E-state index in [1.807, 2.05) is 12.1 Å². The van der Waals surface area contributed by atoms with E-state index in [0.717, 1.165) is 28.4 Å². The second kappa shape index (κ2) is 6.43. The van der Waals surface area contributed by atoms with Crippen molar-refractivity contribution < 1.29 is 4.74 Å². The average molecular weight is 313 g/mol. The number of hydrogen-bond donors (Lipinski definition) is 1. The van der Waals surface area contributed by atoms with Gasteiger partial charge in [0.1, 0.15) is 5.75 Å². The van der Waals surface area contributed by atoms with Gasteiger partial charge in [-0.3, -0.25) is 0 Å². The lowest BCUT2D eigenvalue weighted by Gasteiger charge is -2.30. The molecule has 1 atom stereocenters. The standard InChI is InChI=1S/C14H21BrN2O/c1-17-7-3-4-11(10-17)9-16-13-8-12(15)5-6-14(13)18-2/h5-6,8,11,16H,3-4,7,9-10H2,1-2H3. The Morgan fingerprint density at radius 1 is 1.50 bits per heavy atom. The van der Waals surface area contributed by atoms with Crippen molar-refractivity contribution >= 4 is 21.6 Å². The van der Waals surface area contributed by atoms with Crippen LogP contribution in [-0.2, 0) is 0 Å². The molecule has 100 valence electrons. The number of likely N-dealkylation sites (tertiary alicyclic amines) is 1. The topological polar surface area (TPSA) is 24.5 Å². The van der Waals surface area contributed by atoms with Crippen LogP contribution in [0.15, 0.2) is 22.7 Å². The largest absolute Gasteiger partial charge is 0.495 e. The van der Waals surface area contributed by atoms with Gasteiger partial charge >= 0.3 is 0 Å². The van der Waals surface area contributed by atoms with Crippen LogP contribution in [0.3, 0.4) is 0 Å². The minimum absolute atomic E-state index is 0.729. The Balaban J connectivity index is 1.94. The Labute approximate surface area is 118 Å². The first kappa shape index (κ1) is 13.7. The zero-order valence-corrected chi connectivity index (χ0v) is 12.7. The number of rotatable bonds is 4. The van der Waals surface area contributed by atoms with E-state index >= 15 is 0 Å². The molecule has 0 radical (unpaired) electrons. The number of nitrogens with one attached hydrogen (secondary N) is 1. The third-order valence-corrected chi connectivity index (χ3v) is 3.96.